The quantitative estimate of drug-likeness (QED) is 0.667. The third kappa shape index (κ3) is 2.05. The van der Waals surface area contributed by atoms with Gasteiger partial charge >= 0.3 is 5.97 Å². The van der Waals surface area contributed by atoms with E-state index in [-0.39, 0.29) is 6.61 Å². The van der Waals surface area contributed by atoms with Gasteiger partial charge in [-0.25, -0.2) is 14.2 Å². The fourth-order valence-electron chi connectivity index (χ4n) is 0.952. The molecule has 1 aromatic heterocycles. The molecule has 1 rings (SSSR count). The lowest BCUT2D eigenvalue weighted by Crippen LogP contribution is -2.18. The van der Waals surface area contributed by atoms with Crippen molar-refractivity contribution < 1.29 is 13.9 Å². The summed E-state index contributed by atoms with van der Waals surface area (Å²) >= 11 is 0. The Morgan fingerprint density at radius 2 is 2.54 bits per heavy atom. The van der Waals surface area contributed by atoms with Gasteiger partial charge in [0.25, 0.3) is 6.30 Å². The van der Waals surface area contributed by atoms with Crippen LogP contribution in [0.25, 0.3) is 0 Å². The van der Waals surface area contributed by atoms with Crippen LogP contribution in [-0.2, 0) is 9.53 Å². The summed E-state index contributed by atoms with van der Waals surface area (Å²) in [6.45, 7) is 3.42. The molecule has 1 atom stereocenters. The average molecular weight is 186 g/mol. The maximum Gasteiger partial charge on any atom is 0.362 e. The van der Waals surface area contributed by atoms with Crippen LogP contribution in [0.15, 0.2) is 12.4 Å². The Balaban J connectivity index is 2.73. The first-order valence-electron chi connectivity index (χ1n) is 3.97. The lowest BCUT2D eigenvalue weighted by molar-refractivity contribution is -0.152. The third-order valence-corrected chi connectivity index (χ3v) is 1.59. The first kappa shape index (κ1) is 9.70. The SMILES string of the molecule is CCOC(=O)C(F)n1ccnc1C. The predicted octanol–water partition coefficient (Wildman–Crippen LogP) is 1.22. The molecule has 0 saturated carbocycles. The number of nitrogens with zero attached hydrogens (tertiary/aromatic N) is 2. The monoisotopic (exact) mass is 186 g/mol. The lowest BCUT2D eigenvalue weighted by atomic mass is 10.5. The molecule has 0 spiro atoms. The van der Waals surface area contributed by atoms with Crippen LogP contribution in [0.5, 0.6) is 0 Å². The number of rotatable bonds is 3. The van der Waals surface area contributed by atoms with Crippen LogP contribution in [0, 0.1) is 6.92 Å². The molecule has 13 heavy (non-hydrogen) atoms. The zero-order chi connectivity index (χ0) is 9.84. The number of carbonyl (C=O) groups excluding carboxylic acids is 1. The molecular formula is C8H11FN2O2. The molecule has 0 amide bonds. The van der Waals surface area contributed by atoms with Crippen LogP contribution in [0.3, 0.4) is 0 Å². The molecule has 1 unspecified atom stereocenters. The summed E-state index contributed by atoms with van der Waals surface area (Å²) in [5.41, 5.74) is 0. The van der Waals surface area contributed by atoms with Crippen molar-refractivity contribution in [3.05, 3.63) is 18.2 Å². The number of ether oxygens (including phenoxy) is 1. The minimum Gasteiger partial charge on any atom is -0.462 e. The van der Waals surface area contributed by atoms with Crippen LogP contribution < -0.4 is 0 Å². The molecule has 1 aromatic rings. The van der Waals surface area contributed by atoms with Crippen molar-refractivity contribution in [2.45, 2.75) is 20.1 Å². The molecule has 0 bridgehead atoms. The molecule has 72 valence electrons. The van der Waals surface area contributed by atoms with Gasteiger partial charge in [-0.2, -0.15) is 0 Å². The minimum absolute atomic E-state index is 0.174. The highest BCUT2D eigenvalue weighted by atomic mass is 19.1. The molecule has 0 aromatic carbocycles. The van der Waals surface area contributed by atoms with Crippen molar-refractivity contribution in [1.82, 2.24) is 9.55 Å². The smallest absolute Gasteiger partial charge is 0.362 e. The highest BCUT2D eigenvalue weighted by Crippen LogP contribution is 2.12. The number of halogens is 1. The number of aryl methyl sites for hydroxylation is 1. The van der Waals surface area contributed by atoms with E-state index in [0.29, 0.717) is 5.82 Å². The van der Waals surface area contributed by atoms with Crippen molar-refractivity contribution in [1.29, 1.82) is 0 Å². The van der Waals surface area contributed by atoms with Gasteiger partial charge in [-0.3, -0.25) is 4.57 Å². The van der Waals surface area contributed by atoms with Crippen LogP contribution in [0.1, 0.15) is 19.0 Å². The van der Waals surface area contributed by atoms with E-state index in [2.05, 4.69) is 9.72 Å². The Morgan fingerprint density at radius 3 is 3.00 bits per heavy atom. The number of hydrogen-bond donors (Lipinski definition) is 0. The Kier molecular flexibility index (Phi) is 3.00. The second kappa shape index (κ2) is 4.02. The fourth-order valence-corrected chi connectivity index (χ4v) is 0.952. The summed E-state index contributed by atoms with van der Waals surface area (Å²) in [6.07, 6.45) is 1.04. The van der Waals surface area contributed by atoms with Crippen molar-refractivity contribution in [2.24, 2.45) is 0 Å². The molecule has 0 aliphatic rings. The summed E-state index contributed by atoms with van der Waals surface area (Å²) in [4.78, 5) is 14.7. The highest BCUT2D eigenvalue weighted by Gasteiger charge is 2.21. The van der Waals surface area contributed by atoms with Gasteiger partial charge in [0, 0.05) is 12.4 Å². The van der Waals surface area contributed by atoms with Crippen LogP contribution in [-0.4, -0.2) is 22.1 Å². The summed E-state index contributed by atoms with van der Waals surface area (Å²) < 4.78 is 18.9. The second-order valence-electron chi connectivity index (χ2n) is 2.47. The topological polar surface area (TPSA) is 44.1 Å². The van der Waals surface area contributed by atoms with E-state index in [1.165, 1.54) is 12.4 Å². The number of aromatic nitrogens is 2. The first-order valence-corrected chi connectivity index (χ1v) is 3.97. The fraction of sp³-hybridized carbons (Fsp3) is 0.500. The van der Waals surface area contributed by atoms with Crippen molar-refractivity contribution in [2.75, 3.05) is 6.61 Å². The molecule has 0 radical (unpaired) electrons. The van der Waals surface area contributed by atoms with Crippen molar-refractivity contribution >= 4 is 5.97 Å². The number of imidazole rings is 1. The summed E-state index contributed by atoms with van der Waals surface area (Å²) in [6, 6.07) is 0. The molecule has 0 saturated heterocycles. The lowest BCUT2D eigenvalue weighted by Gasteiger charge is -2.09. The van der Waals surface area contributed by atoms with Gasteiger partial charge in [-0.15, -0.1) is 0 Å². The standard InChI is InChI=1S/C8H11FN2O2/c1-3-13-8(12)7(9)11-5-4-10-6(11)2/h4-5,7H,3H2,1-2H3. The van der Waals surface area contributed by atoms with Crippen LogP contribution in [0.2, 0.25) is 0 Å². The maximum absolute atomic E-state index is 13.3. The van der Waals surface area contributed by atoms with E-state index in [1.807, 2.05) is 0 Å². The number of carbonyl (C=O) groups is 1. The van der Waals surface area contributed by atoms with Gasteiger partial charge in [-0.05, 0) is 13.8 Å². The second-order valence-corrected chi connectivity index (χ2v) is 2.47. The summed E-state index contributed by atoms with van der Waals surface area (Å²) in [7, 11) is 0. The normalized spacial score (nSPS) is 12.5. The van der Waals surface area contributed by atoms with E-state index in [9.17, 15) is 9.18 Å². The van der Waals surface area contributed by atoms with Gasteiger partial charge in [-0.1, -0.05) is 0 Å². The molecule has 0 fully saturated rings. The van der Waals surface area contributed by atoms with Gasteiger partial charge in [0.2, 0.25) is 0 Å². The Labute approximate surface area is 75.3 Å². The Bertz CT molecular complexity index is 298. The van der Waals surface area contributed by atoms with E-state index < -0.39 is 12.3 Å². The van der Waals surface area contributed by atoms with E-state index >= 15 is 0 Å². The molecular weight excluding hydrogens is 175 g/mol. The molecule has 4 nitrogen and oxygen atoms in total. The summed E-state index contributed by atoms with van der Waals surface area (Å²) in [5, 5.41) is 0. The van der Waals surface area contributed by atoms with Crippen molar-refractivity contribution in [3.63, 3.8) is 0 Å². The number of hydrogen-bond acceptors (Lipinski definition) is 3. The van der Waals surface area contributed by atoms with Gasteiger partial charge in [0.1, 0.15) is 5.82 Å². The first-order chi connectivity index (χ1) is 6.16. The zero-order valence-electron chi connectivity index (χ0n) is 7.53. The minimum atomic E-state index is -1.79. The van der Waals surface area contributed by atoms with Gasteiger partial charge in [0.15, 0.2) is 0 Å². The van der Waals surface area contributed by atoms with E-state index in [4.69, 9.17) is 0 Å². The molecule has 0 N–H and O–H groups in total. The Morgan fingerprint density at radius 1 is 1.85 bits per heavy atom. The number of esters is 1. The van der Waals surface area contributed by atoms with Gasteiger partial charge < -0.3 is 4.74 Å². The Hall–Kier alpha value is -1.39. The van der Waals surface area contributed by atoms with Gasteiger partial charge in [0.05, 0.1) is 6.61 Å². The molecule has 5 heteroatoms. The highest BCUT2D eigenvalue weighted by molar-refractivity contribution is 5.72. The molecule has 0 aliphatic heterocycles. The van der Waals surface area contributed by atoms with Crippen LogP contribution >= 0.6 is 0 Å². The van der Waals surface area contributed by atoms with E-state index in [0.717, 1.165) is 4.57 Å². The average Bonchev–Trinajstić information content (AvgIpc) is 2.50. The molecule has 1 heterocycles. The largest absolute Gasteiger partial charge is 0.462 e. The van der Waals surface area contributed by atoms with Crippen LogP contribution in [0.4, 0.5) is 4.39 Å². The maximum atomic E-state index is 13.3. The summed E-state index contributed by atoms with van der Waals surface area (Å²) in [5.74, 6) is -0.441. The number of alkyl halides is 1. The van der Waals surface area contributed by atoms with E-state index in [1.54, 1.807) is 13.8 Å². The zero-order valence-corrected chi connectivity index (χ0v) is 7.53. The van der Waals surface area contributed by atoms with Crippen molar-refractivity contribution in [3.8, 4) is 0 Å². The molecule has 0 aliphatic carbocycles. The third-order valence-electron chi connectivity index (χ3n) is 1.59. The predicted molar refractivity (Wildman–Crippen MR) is 43.7 cm³/mol.